The molecular weight excluding hydrogens is 332 g/mol. The lowest BCUT2D eigenvalue weighted by Gasteiger charge is -2.20. The van der Waals surface area contributed by atoms with Gasteiger partial charge in [0, 0.05) is 0 Å². The Hall–Kier alpha value is -2.26. The molecule has 0 unspecified atom stereocenters. The van der Waals surface area contributed by atoms with E-state index in [2.05, 4.69) is 4.74 Å². The van der Waals surface area contributed by atoms with E-state index in [0.717, 1.165) is 0 Å². The van der Waals surface area contributed by atoms with Crippen molar-refractivity contribution < 1.29 is 40.7 Å². The minimum atomic E-state index is -5.27. The molecule has 0 saturated heterocycles. The molecule has 0 aliphatic carbocycles. The molecule has 0 aliphatic heterocycles. The van der Waals surface area contributed by atoms with Gasteiger partial charge in [0.15, 0.2) is 0 Å². The lowest BCUT2D eigenvalue weighted by atomic mass is 10.1. The molecule has 10 heteroatoms. The summed E-state index contributed by atoms with van der Waals surface area (Å²) in [6, 6.07) is 6.27. The molecule has 1 atom stereocenters. The average molecular weight is 343 g/mol. The summed E-state index contributed by atoms with van der Waals surface area (Å²) in [6.45, 7) is -1.05. The van der Waals surface area contributed by atoms with Crippen LogP contribution in [0.5, 0.6) is 0 Å². The van der Waals surface area contributed by atoms with Crippen LogP contribution in [0.4, 0.5) is 26.3 Å². The third-order valence-electron chi connectivity index (χ3n) is 2.56. The van der Waals surface area contributed by atoms with E-state index in [1.54, 1.807) is 18.2 Å². The van der Waals surface area contributed by atoms with Crippen LogP contribution in [-0.4, -0.2) is 36.9 Å². The van der Waals surface area contributed by atoms with Crippen molar-refractivity contribution in [1.82, 2.24) is 5.32 Å². The van der Waals surface area contributed by atoms with Gasteiger partial charge in [-0.1, -0.05) is 30.3 Å². The van der Waals surface area contributed by atoms with Crippen LogP contribution in [0.3, 0.4) is 0 Å². The van der Waals surface area contributed by atoms with Gasteiger partial charge >= 0.3 is 24.2 Å². The van der Waals surface area contributed by atoms with Gasteiger partial charge in [0.25, 0.3) is 0 Å². The van der Waals surface area contributed by atoms with E-state index in [1.807, 2.05) is 0 Å². The highest BCUT2D eigenvalue weighted by Crippen LogP contribution is 2.18. The molecule has 0 bridgehead atoms. The van der Waals surface area contributed by atoms with E-state index in [1.165, 1.54) is 17.4 Å². The maximum atomic E-state index is 12.2. The van der Waals surface area contributed by atoms with Gasteiger partial charge in [0.2, 0.25) is 0 Å². The third kappa shape index (κ3) is 6.57. The zero-order valence-electron chi connectivity index (χ0n) is 11.4. The molecule has 0 aliphatic rings. The maximum absolute atomic E-state index is 12.2. The summed E-state index contributed by atoms with van der Waals surface area (Å²) in [5.74, 6) is -4.88. The Balaban J connectivity index is 2.76. The molecule has 1 rings (SSSR count). The summed E-state index contributed by atoms with van der Waals surface area (Å²) in [5, 5.41) is 1.50. The van der Waals surface area contributed by atoms with Gasteiger partial charge in [-0.25, -0.2) is 4.79 Å². The lowest BCUT2D eigenvalue weighted by molar-refractivity contribution is -0.200. The van der Waals surface area contributed by atoms with Crippen molar-refractivity contribution in [2.45, 2.75) is 24.8 Å². The van der Waals surface area contributed by atoms with Crippen LogP contribution < -0.4 is 5.32 Å². The largest absolute Gasteiger partial charge is 0.490 e. The predicted octanol–water partition coefficient (Wildman–Crippen LogP) is 2.38. The highest BCUT2D eigenvalue weighted by molar-refractivity contribution is 5.82. The molecule has 1 aromatic rings. The van der Waals surface area contributed by atoms with Gasteiger partial charge in [-0.15, -0.1) is 0 Å². The first-order valence-corrected chi connectivity index (χ1v) is 6.15. The number of esters is 1. The molecule has 4 nitrogen and oxygen atoms in total. The summed E-state index contributed by atoms with van der Waals surface area (Å²) in [6.07, 6.45) is -10.7. The minimum Gasteiger partial charge on any atom is -0.457 e. The van der Waals surface area contributed by atoms with Gasteiger partial charge in [-0.3, -0.25) is 4.79 Å². The second-order valence-corrected chi connectivity index (χ2v) is 4.45. The number of rotatable bonds is 5. The lowest BCUT2D eigenvalue weighted by Crippen LogP contribution is -2.47. The zero-order valence-corrected chi connectivity index (χ0v) is 11.4. The topological polar surface area (TPSA) is 55.4 Å². The molecule has 1 amide bonds. The van der Waals surface area contributed by atoms with Crippen molar-refractivity contribution in [3.05, 3.63) is 35.9 Å². The number of alkyl halides is 6. The molecule has 1 aromatic carbocycles. The second kappa shape index (κ2) is 7.34. The molecule has 0 aromatic heterocycles. The Labute approximate surface area is 126 Å². The Morgan fingerprint density at radius 2 is 1.57 bits per heavy atom. The highest BCUT2D eigenvalue weighted by atomic mass is 19.4. The number of halogens is 6. The van der Waals surface area contributed by atoms with Crippen molar-refractivity contribution in [2.75, 3.05) is 6.61 Å². The number of benzene rings is 1. The quantitative estimate of drug-likeness (QED) is 0.660. The van der Waals surface area contributed by atoms with Gasteiger partial charge in [0.1, 0.15) is 6.61 Å². The van der Waals surface area contributed by atoms with E-state index in [0.29, 0.717) is 5.56 Å². The first-order valence-electron chi connectivity index (χ1n) is 6.15. The minimum absolute atomic E-state index is 0.242. The van der Waals surface area contributed by atoms with Crippen LogP contribution in [0.15, 0.2) is 30.3 Å². The molecule has 0 radical (unpaired) electrons. The number of amides is 1. The molecule has 23 heavy (non-hydrogen) atoms. The number of carbonyl (C=O) groups is 2. The van der Waals surface area contributed by atoms with Gasteiger partial charge < -0.3 is 10.1 Å². The molecule has 1 N–H and O–H groups in total. The van der Waals surface area contributed by atoms with E-state index in [-0.39, 0.29) is 6.42 Å². The van der Waals surface area contributed by atoms with Crippen LogP contribution in [0.1, 0.15) is 5.56 Å². The molecular formula is C13H11F6NO3. The van der Waals surface area contributed by atoms with Crippen molar-refractivity contribution >= 4 is 11.9 Å². The molecule has 0 spiro atoms. The predicted molar refractivity (Wildman–Crippen MR) is 65.1 cm³/mol. The Bertz CT molecular complexity index is 541. The zero-order chi connectivity index (χ0) is 17.7. The number of carbonyl (C=O) groups excluding carboxylic acids is 2. The van der Waals surface area contributed by atoms with E-state index in [4.69, 9.17) is 0 Å². The van der Waals surface area contributed by atoms with Crippen LogP contribution in [0, 0.1) is 0 Å². The summed E-state index contributed by atoms with van der Waals surface area (Å²) < 4.78 is 76.7. The van der Waals surface area contributed by atoms with Crippen LogP contribution in [0.25, 0.3) is 0 Å². The van der Waals surface area contributed by atoms with E-state index < -0.39 is 36.9 Å². The summed E-state index contributed by atoms with van der Waals surface area (Å²) in [7, 11) is 0. The van der Waals surface area contributed by atoms with Crippen molar-refractivity contribution in [1.29, 1.82) is 0 Å². The number of hydrogen-bond acceptors (Lipinski definition) is 3. The normalized spacial score (nSPS) is 13.3. The van der Waals surface area contributed by atoms with Gasteiger partial charge in [-0.05, 0) is 12.0 Å². The molecule has 0 fully saturated rings. The summed E-state index contributed by atoms with van der Waals surface area (Å²) in [4.78, 5) is 21.5. The standard InChI is InChI=1S/C13H11F6NO3/c14-12(15,16)10(21)20-9(6-8-4-2-1-3-5-8)7-23-11(22)13(17,18)19/h1-5,9H,6-7H2,(H,20,21)/t9-/m0/s1. The first-order chi connectivity index (χ1) is 10.5. The Morgan fingerprint density at radius 1 is 1.00 bits per heavy atom. The SMILES string of the molecule is O=C(N[C@H](COC(=O)C(F)(F)F)Cc1ccccc1)C(F)(F)F. The maximum Gasteiger partial charge on any atom is 0.490 e. The Morgan fingerprint density at radius 3 is 2.04 bits per heavy atom. The Kier molecular flexibility index (Phi) is 5.99. The second-order valence-electron chi connectivity index (χ2n) is 4.45. The van der Waals surface area contributed by atoms with Crippen LogP contribution in [0.2, 0.25) is 0 Å². The fourth-order valence-electron chi connectivity index (χ4n) is 1.58. The van der Waals surface area contributed by atoms with E-state index >= 15 is 0 Å². The number of ether oxygens (including phenoxy) is 1. The van der Waals surface area contributed by atoms with E-state index in [9.17, 15) is 35.9 Å². The fourth-order valence-corrected chi connectivity index (χ4v) is 1.58. The molecule has 128 valence electrons. The van der Waals surface area contributed by atoms with Crippen LogP contribution in [-0.2, 0) is 20.7 Å². The highest BCUT2D eigenvalue weighted by Gasteiger charge is 2.42. The number of nitrogens with one attached hydrogen (secondary N) is 1. The van der Waals surface area contributed by atoms with Gasteiger partial charge in [0.05, 0.1) is 6.04 Å². The third-order valence-corrected chi connectivity index (χ3v) is 2.56. The first kappa shape index (κ1) is 18.8. The van der Waals surface area contributed by atoms with Crippen molar-refractivity contribution in [2.24, 2.45) is 0 Å². The van der Waals surface area contributed by atoms with Gasteiger partial charge in [-0.2, -0.15) is 26.3 Å². The fraction of sp³-hybridized carbons (Fsp3) is 0.385. The smallest absolute Gasteiger partial charge is 0.457 e. The monoisotopic (exact) mass is 343 g/mol. The summed E-state index contributed by atoms with van der Waals surface area (Å²) >= 11 is 0. The summed E-state index contributed by atoms with van der Waals surface area (Å²) in [5.41, 5.74) is 0.447. The average Bonchev–Trinajstić information content (AvgIpc) is 2.43. The van der Waals surface area contributed by atoms with Crippen molar-refractivity contribution in [3.8, 4) is 0 Å². The van der Waals surface area contributed by atoms with Crippen molar-refractivity contribution in [3.63, 3.8) is 0 Å². The molecule has 0 saturated carbocycles. The molecule has 0 heterocycles. The number of hydrogen-bond donors (Lipinski definition) is 1. The van der Waals surface area contributed by atoms with Crippen LogP contribution >= 0.6 is 0 Å².